The quantitative estimate of drug-likeness (QED) is 0.714. The molecule has 2 aromatic rings. The molecular weight excluding hydrogens is 280 g/mol. The first-order valence-corrected chi connectivity index (χ1v) is 6.93. The minimum Gasteiger partial charge on any atom is -0.497 e. The summed E-state index contributed by atoms with van der Waals surface area (Å²) in [6, 6.07) is 13.7. The van der Waals surface area contributed by atoms with E-state index < -0.39 is 0 Å². The van der Waals surface area contributed by atoms with Crippen LogP contribution in [0, 0.1) is 12.3 Å². The Balaban J connectivity index is 2.09. The van der Waals surface area contributed by atoms with Crippen molar-refractivity contribution < 1.29 is 4.74 Å². The summed E-state index contributed by atoms with van der Waals surface area (Å²) in [5.41, 5.74) is 5.23. The summed E-state index contributed by atoms with van der Waals surface area (Å²) >= 11 is 5.92. The summed E-state index contributed by atoms with van der Waals surface area (Å²) < 4.78 is 5.27. The Kier molecular flexibility index (Phi) is 3.56. The van der Waals surface area contributed by atoms with Crippen molar-refractivity contribution in [1.29, 1.82) is 0 Å². The van der Waals surface area contributed by atoms with E-state index in [1.54, 1.807) is 7.11 Å². The van der Waals surface area contributed by atoms with Gasteiger partial charge in [-0.1, -0.05) is 35.7 Å². The van der Waals surface area contributed by atoms with Crippen LogP contribution in [-0.4, -0.2) is 7.11 Å². The van der Waals surface area contributed by atoms with E-state index >= 15 is 0 Å². The lowest BCUT2D eigenvalue weighted by Crippen LogP contribution is -1.87. The van der Waals surface area contributed by atoms with Crippen LogP contribution < -0.4 is 4.74 Å². The Hall–Kier alpha value is -2.43. The molecule has 3 rings (SSSR count). The van der Waals surface area contributed by atoms with Gasteiger partial charge in [0.2, 0.25) is 0 Å². The molecule has 102 valence electrons. The van der Waals surface area contributed by atoms with Gasteiger partial charge in [0.1, 0.15) is 5.75 Å². The third-order valence-electron chi connectivity index (χ3n) is 3.48. The lowest BCUT2D eigenvalue weighted by atomic mass is 10.0. The molecule has 0 spiro atoms. The van der Waals surface area contributed by atoms with E-state index in [2.05, 4.69) is 12.0 Å². The van der Waals surface area contributed by atoms with Crippen molar-refractivity contribution in [1.82, 2.24) is 0 Å². The fourth-order valence-electron chi connectivity index (χ4n) is 2.41. The fraction of sp³-hybridized carbons (Fsp3) is 0.0526. The highest BCUT2D eigenvalue weighted by Crippen LogP contribution is 2.38. The van der Waals surface area contributed by atoms with Gasteiger partial charge in [0.05, 0.1) is 7.11 Å². The second-order valence-electron chi connectivity index (χ2n) is 4.77. The summed E-state index contributed by atoms with van der Waals surface area (Å²) in [5, 5.41) is 0.730. The van der Waals surface area contributed by atoms with E-state index in [-0.39, 0.29) is 0 Å². The number of methoxy groups -OCH3 is 1. The van der Waals surface area contributed by atoms with Gasteiger partial charge < -0.3 is 4.74 Å². The molecule has 0 saturated heterocycles. The molecule has 1 aliphatic carbocycles. The molecule has 1 aliphatic rings. The maximum atomic E-state index is 5.92. The lowest BCUT2D eigenvalue weighted by molar-refractivity contribution is 0.414. The molecule has 2 heteroatoms. The maximum Gasteiger partial charge on any atom is 0.119 e. The highest BCUT2D eigenvalue weighted by molar-refractivity contribution is 6.30. The average molecular weight is 293 g/mol. The smallest absolute Gasteiger partial charge is 0.119 e. The number of allylic oxidation sites excluding steroid dienone is 3. The van der Waals surface area contributed by atoms with Crippen LogP contribution in [-0.2, 0) is 0 Å². The van der Waals surface area contributed by atoms with E-state index in [1.807, 2.05) is 48.5 Å². The molecule has 0 unspecified atom stereocenters. The second kappa shape index (κ2) is 5.52. The first kappa shape index (κ1) is 13.5. The van der Waals surface area contributed by atoms with Crippen molar-refractivity contribution in [3.8, 4) is 18.1 Å². The third-order valence-corrected chi connectivity index (χ3v) is 3.73. The average Bonchev–Trinajstić information content (AvgIpc) is 2.86. The number of hydrogen-bond acceptors (Lipinski definition) is 1. The van der Waals surface area contributed by atoms with Crippen LogP contribution in [0.2, 0.25) is 5.02 Å². The van der Waals surface area contributed by atoms with Gasteiger partial charge in [-0.25, -0.2) is 0 Å². The summed E-state index contributed by atoms with van der Waals surface area (Å²) in [7, 11) is 1.65. The number of rotatable bonds is 2. The summed E-state index contributed by atoms with van der Waals surface area (Å²) in [6.45, 7) is 0. The predicted molar refractivity (Wildman–Crippen MR) is 89.1 cm³/mol. The van der Waals surface area contributed by atoms with E-state index in [1.165, 1.54) is 0 Å². The summed E-state index contributed by atoms with van der Waals surface area (Å²) in [5.74, 6) is 3.55. The number of ether oxygens (including phenoxy) is 1. The van der Waals surface area contributed by atoms with Crippen LogP contribution in [0.3, 0.4) is 0 Å². The van der Waals surface area contributed by atoms with Crippen LogP contribution in [0.25, 0.3) is 17.2 Å². The Morgan fingerprint density at radius 2 is 1.86 bits per heavy atom. The minimum absolute atomic E-state index is 0.730. The molecule has 2 aromatic carbocycles. The van der Waals surface area contributed by atoms with Crippen LogP contribution in [0.15, 0.2) is 48.5 Å². The molecule has 1 nitrogen and oxygen atoms in total. The predicted octanol–water partition coefficient (Wildman–Crippen LogP) is 4.92. The number of halogens is 1. The van der Waals surface area contributed by atoms with Crippen LogP contribution in [0.5, 0.6) is 5.75 Å². The standard InChI is InChI=1S/C19H13ClO/c1-3-14-11-15(10-13-4-6-16(20)7-5-13)18-9-8-17(21-2)12-19(14)18/h1,4-12H,2H3. The molecular formula is C19H13ClO. The lowest BCUT2D eigenvalue weighted by Gasteiger charge is -2.05. The van der Waals surface area contributed by atoms with Gasteiger partial charge in [0.25, 0.3) is 0 Å². The zero-order valence-corrected chi connectivity index (χ0v) is 12.3. The van der Waals surface area contributed by atoms with Gasteiger partial charge in [-0.15, -0.1) is 6.42 Å². The molecule has 0 radical (unpaired) electrons. The zero-order valence-electron chi connectivity index (χ0n) is 11.6. The van der Waals surface area contributed by atoms with Crippen molar-refractivity contribution in [2.45, 2.75) is 0 Å². The Morgan fingerprint density at radius 3 is 2.52 bits per heavy atom. The molecule has 0 bridgehead atoms. The van der Waals surface area contributed by atoms with Gasteiger partial charge in [-0.05, 0) is 53.1 Å². The third kappa shape index (κ3) is 2.59. The van der Waals surface area contributed by atoms with Gasteiger partial charge in [0, 0.05) is 16.2 Å². The SMILES string of the molecule is C#CC1=CC(=Cc2ccc(Cl)cc2)c2ccc(OC)cc21. The Morgan fingerprint density at radius 1 is 1.10 bits per heavy atom. The highest BCUT2D eigenvalue weighted by Gasteiger charge is 2.17. The molecule has 0 aromatic heterocycles. The number of benzene rings is 2. The Bertz CT molecular complexity index is 789. The molecule has 21 heavy (non-hydrogen) atoms. The van der Waals surface area contributed by atoms with E-state index in [9.17, 15) is 0 Å². The topological polar surface area (TPSA) is 9.23 Å². The largest absolute Gasteiger partial charge is 0.497 e. The highest BCUT2D eigenvalue weighted by atomic mass is 35.5. The monoisotopic (exact) mass is 292 g/mol. The number of terminal acetylenes is 1. The van der Waals surface area contributed by atoms with Crippen LogP contribution >= 0.6 is 11.6 Å². The molecule has 0 fully saturated rings. The molecule has 0 amide bonds. The van der Waals surface area contributed by atoms with E-state index in [0.29, 0.717) is 0 Å². The summed E-state index contributed by atoms with van der Waals surface area (Å²) in [6.07, 6.45) is 9.74. The van der Waals surface area contributed by atoms with Crippen molar-refractivity contribution in [2.75, 3.05) is 7.11 Å². The van der Waals surface area contributed by atoms with Crippen molar-refractivity contribution in [3.05, 3.63) is 70.3 Å². The van der Waals surface area contributed by atoms with Gasteiger partial charge >= 0.3 is 0 Å². The van der Waals surface area contributed by atoms with Gasteiger partial charge in [-0.2, -0.15) is 0 Å². The van der Waals surface area contributed by atoms with Crippen LogP contribution in [0.1, 0.15) is 16.7 Å². The minimum atomic E-state index is 0.730. The van der Waals surface area contributed by atoms with E-state index in [0.717, 1.165) is 38.6 Å². The second-order valence-corrected chi connectivity index (χ2v) is 5.20. The van der Waals surface area contributed by atoms with E-state index in [4.69, 9.17) is 22.8 Å². The summed E-state index contributed by atoms with van der Waals surface area (Å²) in [4.78, 5) is 0. The molecule has 0 heterocycles. The Labute approximate surface area is 129 Å². The zero-order chi connectivity index (χ0) is 14.8. The van der Waals surface area contributed by atoms with Crippen molar-refractivity contribution >= 4 is 28.8 Å². The maximum absolute atomic E-state index is 5.92. The first-order chi connectivity index (χ1) is 10.2. The van der Waals surface area contributed by atoms with Crippen molar-refractivity contribution in [2.24, 2.45) is 0 Å². The fourth-order valence-corrected chi connectivity index (χ4v) is 2.54. The molecule has 0 N–H and O–H groups in total. The van der Waals surface area contributed by atoms with Gasteiger partial charge in [-0.3, -0.25) is 0 Å². The van der Waals surface area contributed by atoms with Crippen molar-refractivity contribution in [3.63, 3.8) is 0 Å². The normalized spacial score (nSPS) is 14.5. The molecule has 0 saturated carbocycles. The number of hydrogen-bond donors (Lipinski definition) is 0. The first-order valence-electron chi connectivity index (χ1n) is 6.55. The molecule has 0 atom stereocenters. The van der Waals surface area contributed by atoms with Crippen LogP contribution in [0.4, 0.5) is 0 Å². The number of fused-ring (bicyclic) bond motifs is 1. The van der Waals surface area contributed by atoms with Gasteiger partial charge in [0.15, 0.2) is 0 Å². The molecule has 0 aliphatic heterocycles.